The highest BCUT2D eigenvalue weighted by Crippen LogP contribution is 2.30. The minimum absolute atomic E-state index is 0.00510. The van der Waals surface area contributed by atoms with Crippen LogP contribution in [0.2, 0.25) is 0 Å². The fourth-order valence-electron chi connectivity index (χ4n) is 2.46. The third kappa shape index (κ3) is 5.39. The van der Waals surface area contributed by atoms with E-state index in [1.807, 2.05) is 24.3 Å². The van der Waals surface area contributed by atoms with E-state index in [-0.39, 0.29) is 23.2 Å². The zero-order valence-corrected chi connectivity index (χ0v) is 14.4. The second-order valence-electron chi connectivity index (χ2n) is 5.74. The minimum Gasteiger partial charge on any atom is -0.508 e. The number of hydroxylamine groups is 1. The predicted molar refractivity (Wildman–Crippen MR) is 94.9 cm³/mol. The number of carbonyl (C=O) groups is 1. The number of esters is 1. The van der Waals surface area contributed by atoms with Crippen molar-refractivity contribution >= 4 is 12.0 Å². The molecule has 1 atom stereocenters. The first-order valence-electron chi connectivity index (χ1n) is 8.10. The number of nitrogens with one attached hydrogen (secondary N) is 1. The van der Waals surface area contributed by atoms with Crippen molar-refractivity contribution in [2.24, 2.45) is 0 Å². The van der Waals surface area contributed by atoms with Crippen LogP contribution in [0.15, 0.2) is 42.1 Å². The number of carbonyl (C=O) groups excluding carboxylic acids is 1. The van der Waals surface area contributed by atoms with Crippen LogP contribution in [0.5, 0.6) is 11.5 Å². The molecule has 6 heteroatoms. The maximum absolute atomic E-state index is 12.5. The number of phenolic OH excluding ortho intramolecular Hbond substituents is 2. The summed E-state index contributed by atoms with van der Waals surface area (Å²) in [6.07, 6.45) is 11.4. The lowest BCUT2D eigenvalue weighted by Crippen LogP contribution is -2.16. The number of ether oxygens (including phenoxy) is 1. The third-order valence-electron chi connectivity index (χ3n) is 3.61. The summed E-state index contributed by atoms with van der Waals surface area (Å²) < 4.78 is 5.41. The maximum Gasteiger partial charge on any atom is 0.342 e. The van der Waals surface area contributed by atoms with E-state index in [0.29, 0.717) is 17.7 Å². The molecule has 1 aromatic rings. The van der Waals surface area contributed by atoms with Crippen molar-refractivity contribution in [2.75, 3.05) is 7.11 Å². The van der Waals surface area contributed by atoms with Gasteiger partial charge in [0.2, 0.25) is 0 Å². The van der Waals surface area contributed by atoms with Crippen molar-refractivity contribution in [2.45, 2.75) is 32.3 Å². The van der Waals surface area contributed by atoms with Crippen LogP contribution in [0.25, 0.3) is 6.08 Å². The van der Waals surface area contributed by atoms with E-state index >= 15 is 0 Å². The van der Waals surface area contributed by atoms with Gasteiger partial charge in [-0.15, -0.1) is 0 Å². The summed E-state index contributed by atoms with van der Waals surface area (Å²) >= 11 is 0. The highest BCUT2D eigenvalue weighted by molar-refractivity contribution is 5.97. The van der Waals surface area contributed by atoms with Crippen molar-refractivity contribution in [3.63, 3.8) is 0 Å². The molecule has 0 amide bonds. The average molecular weight is 345 g/mol. The molecule has 1 aliphatic heterocycles. The molecule has 1 aromatic carbocycles. The number of cyclic esters (lactones) is 1. The Morgan fingerprint density at radius 2 is 1.96 bits per heavy atom. The number of benzene rings is 1. The lowest BCUT2D eigenvalue weighted by molar-refractivity contribution is 0.0344. The zero-order chi connectivity index (χ0) is 18.2. The van der Waals surface area contributed by atoms with Gasteiger partial charge in [-0.1, -0.05) is 18.2 Å². The van der Waals surface area contributed by atoms with Crippen LogP contribution in [-0.2, 0) is 9.57 Å². The largest absolute Gasteiger partial charge is 0.508 e. The molecule has 0 aliphatic carbocycles. The van der Waals surface area contributed by atoms with Gasteiger partial charge in [-0.2, -0.15) is 0 Å². The SMILES string of the molecule is CON/C1=C\c2cc(O)cc(O)c2C(=O)OC(C)CC=CCCC=C1. The average Bonchev–Trinajstić information content (AvgIpc) is 2.52. The van der Waals surface area contributed by atoms with E-state index in [2.05, 4.69) is 5.48 Å². The van der Waals surface area contributed by atoms with Crippen LogP contribution in [0.1, 0.15) is 42.1 Å². The molecule has 0 saturated carbocycles. The second-order valence-corrected chi connectivity index (χ2v) is 5.74. The Morgan fingerprint density at radius 1 is 1.20 bits per heavy atom. The molecule has 0 saturated heterocycles. The topological polar surface area (TPSA) is 88.0 Å². The standard InChI is InChI=1S/C19H23NO5/c1-13-8-6-4-3-5-7-9-15(20-24-2)10-14-11-16(21)12-17(22)18(14)19(23)25-13/h4,6-7,9-13,20-22H,3,5,8H2,1-2H3/b6-4?,9-7?,15-10-. The van der Waals surface area contributed by atoms with Gasteiger partial charge in [0, 0.05) is 12.5 Å². The molecular weight excluding hydrogens is 322 g/mol. The van der Waals surface area contributed by atoms with E-state index in [1.54, 1.807) is 13.0 Å². The molecule has 1 unspecified atom stereocenters. The van der Waals surface area contributed by atoms with E-state index in [0.717, 1.165) is 18.9 Å². The first-order chi connectivity index (χ1) is 12.0. The van der Waals surface area contributed by atoms with Crippen molar-refractivity contribution in [1.29, 1.82) is 0 Å². The second kappa shape index (κ2) is 8.94. The molecule has 2 rings (SSSR count). The highest BCUT2D eigenvalue weighted by Gasteiger charge is 2.20. The van der Waals surface area contributed by atoms with Crippen LogP contribution in [0, 0.1) is 0 Å². The molecule has 0 spiro atoms. The van der Waals surface area contributed by atoms with Crippen LogP contribution in [0.3, 0.4) is 0 Å². The first kappa shape index (κ1) is 18.6. The normalized spacial score (nSPS) is 20.8. The summed E-state index contributed by atoms with van der Waals surface area (Å²) in [5.74, 6) is -1.15. The zero-order valence-electron chi connectivity index (χ0n) is 14.4. The Balaban J connectivity index is 2.52. The summed E-state index contributed by atoms with van der Waals surface area (Å²) in [5, 5.41) is 19.9. The Hall–Kier alpha value is -2.73. The fourth-order valence-corrected chi connectivity index (χ4v) is 2.46. The van der Waals surface area contributed by atoms with Crippen LogP contribution >= 0.6 is 0 Å². The third-order valence-corrected chi connectivity index (χ3v) is 3.61. The lowest BCUT2D eigenvalue weighted by Gasteiger charge is -2.15. The van der Waals surface area contributed by atoms with Crippen molar-refractivity contribution in [1.82, 2.24) is 5.48 Å². The monoisotopic (exact) mass is 345 g/mol. The summed E-state index contributed by atoms with van der Waals surface area (Å²) in [4.78, 5) is 17.4. The van der Waals surface area contributed by atoms with Gasteiger partial charge < -0.3 is 14.9 Å². The molecule has 0 aromatic heterocycles. The molecule has 0 bridgehead atoms. The number of fused-ring (bicyclic) bond motifs is 1. The molecule has 3 N–H and O–H groups in total. The van der Waals surface area contributed by atoms with E-state index in [1.165, 1.54) is 13.2 Å². The van der Waals surface area contributed by atoms with Gasteiger partial charge in [0.05, 0.1) is 12.8 Å². The van der Waals surface area contributed by atoms with Gasteiger partial charge in [0.25, 0.3) is 0 Å². The smallest absolute Gasteiger partial charge is 0.342 e. The first-order valence-corrected chi connectivity index (χ1v) is 8.10. The Bertz CT molecular complexity index is 706. The molecule has 0 radical (unpaired) electrons. The fraction of sp³-hybridized carbons (Fsp3) is 0.316. The van der Waals surface area contributed by atoms with Gasteiger partial charge in [0.15, 0.2) is 0 Å². The van der Waals surface area contributed by atoms with Gasteiger partial charge in [-0.3, -0.25) is 10.3 Å². The molecule has 6 nitrogen and oxygen atoms in total. The van der Waals surface area contributed by atoms with Crippen LogP contribution < -0.4 is 5.48 Å². The summed E-state index contributed by atoms with van der Waals surface area (Å²) in [6, 6.07) is 2.50. The van der Waals surface area contributed by atoms with E-state index in [4.69, 9.17) is 9.57 Å². The van der Waals surface area contributed by atoms with Crippen LogP contribution in [0.4, 0.5) is 0 Å². The molecule has 1 heterocycles. The number of rotatable bonds is 2. The molecule has 134 valence electrons. The number of allylic oxidation sites excluding steroid dienone is 3. The number of hydrogen-bond acceptors (Lipinski definition) is 6. The number of aromatic hydroxyl groups is 2. The molecule has 0 fully saturated rings. The van der Waals surface area contributed by atoms with Crippen molar-refractivity contribution in [3.8, 4) is 11.5 Å². The van der Waals surface area contributed by atoms with Gasteiger partial charge in [-0.05, 0) is 43.5 Å². The van der Waals surface area contributed by atoms with E-state index in [9.17, 15) is 15.0 Å². The Labute approximate surface area is 147 Å². The Kier molecular flexibility index (Phi) is 6.65. The highest BCUT2D eigenvalue weighted by atomic mass is 16.6. The quantitative estimate of drug-likeness (QED) is 0.432. The van der Waals surface area contributed by atoms with E-state index < -0.39 is 5.97 Å². The molecule has 1 aliphatic rings. The van der Waals surface area contributed by atoms with Crippen molar-refractivity contribution in [3.05, 3.63) is 53.3 Å². The van der Waals surface area contributed by atoms with Gasteiger partial charge >= 0.3 is 5.97 Å². The molecule has 25 heavy (non-hydrogen) atoms. The maximum atomic E-state index is 12.5. The minimum atomic E-state index is -0.651. The van der Waals surface area contributed by atoms with Gasteiger partial charge in [0.1, 0.15) is 23.2 Å². The van der Waals surface area contributed by atoms with Crippen LogP contribution in [-0.4, -0.2) is 29.4 Å². The Morgan fingerprint density at radius 3 is 2.72 bits per heavy atom. The number of hydrogen-bond donors (Lipinski definition) is 3. The predicted octanol–water partition coefficient (Wildman–Crippen LogP) is 3.43. The molecular formula is C19H23NO5. The summed E-state index contributed by atoms with van der Waals surface area (Å²) in [7, 11) is 1.47. The van der Waals surface area contributed by atoms with Crippen molar-refractivity contribution < 1.29 is 24.6 Å². The summed E-state index contributed by atoms with van der Waals surface area (Å²) in [6.45, 7) is 1.79. The number of phenols is 2. The lowest BCUT2D eigenvalue weighted by atomic mass is 10.0. The van der Waals surface area contributed by atoms with Gasteiger partial charge in [-0.25, -0.2) is 4.79 Å². The summed E-state index contributed by atoms with van der Waals surface area (Å²) in [5.41, 5.74) is 3.59.